The van der Waals surface area contributed by atoms with Gasteiger partial charge in [0, 0.05) is 28.7 Å². The summed E-state index contributed by atoms with van der Waals surface area (Å²) in [4.78, 5) is 64.5. The molecule has 42 heavy (non-hydrogen) atoms. The highest BCUT2D eigenvalue weighted by Crippen LogP contribution is 2.41. The van der Waals surface area contributed by atoms with E-state index in [4.69, 9.17) is 10.6 Å². The largest absolute Gasteiger partial charge is 0.477 e. The number of aromatic nitrogens is 3. The lowest BCUT2D eigenvalue weighted by Crippen LogP contribution is -2.71. The highest BCUT2D eigenvalue weighted by Gasteiger charge is 2.54. The van der Waals surface area contributed by atoms with Gasteiger partial charge < -0.3 is 31.2 Å². The first-order valence-electron chi connectivity index (χ1n) is 11.8. The van der Waals surface area contributed by atoms with Crippen LogP contribution in [0.15, 0.2) is 49.0 Å². The number of hydrogen-bond donors (Lipinski definition) is 5. The summed E-state index contributed by atoms with van der Waals surface area (Å²) in [5.74, 6) is -2.94. The number of nitrogens with one attached hydrogen (secondary N) is 1. The van der Waals surface area contributed by atoms with E-state index in [1.165, 1.54) is 47.4 Å². The molecule has 3 aliphatic rings. The predicted molar refractivity (Wildman–Crippen MR) is 153 cm³/mol. The van der Waals surface area contributed by atoms with Crippen LogP contribution in [0.1, 0.15) is 12.6 Å². The number of carbonyl (C=O) groups is 4. The van der Waals surface area contributed by atoms with E-state index in [0.717, 1.165) is 26.5 Å². The molecule has 3 aliphatic heterocycles. The second-order valence-corrected chi connectivity index (χ2v) is 12.8. The number of rotatable bonds is 10. The topological polar surface area (TPSA) is 243 Å². The van der Waals surface area contributed by atoms with Gasteiger partial charge in [-0.3, -0.25) is 24.3 Å². The summed E-state index contributed by atoms with van der Waals surface area (Å²) in [5.41, 5.74) is 5.37. The van der Waals surface area contributed by atoms with Crippen molar-refractivity contribution in [1.82, 2.24) is 24.8 Å². The van der Waals surface area contributed by atoms with E-state index in [1.54, 1.807) is 6.20 Å². The molecule has 0 radical (unpaired) electrons. The van der Waals surface area contributed by atoms with Crippen LogP contribution < -0.4 is 11.1 Å². The van der Waals surface area contributed by atoms with Crippen molar-refractivity contribution in [3.8, 4) is 0 Å². The fourth-order valence-electron chi connectivity index (χ4n) is 4.06. The Labute approximate surface area is 252 Å². The summed E-state index contributed by atoms with van der Waals surface area (Å²) in [5, 5.41) is 41.1. The molecule has 4 atom stereocenters. The van der Waals surface area contributed by atoms with Gasteiger partial charge >= 0.3 is 5.97 Å². The molecule has 5 heterocycles. The number of aliphatic imine (C=N–C) groups is 1. The van der Waals surface area contributed by atoms with E-state index < -0.39 is 58.8 Å². The minimum Gasteiger partial charge on any atom is -0.477 e. The molecule has 0 spiro atoms. The van der Waals surface area contributed by atoms with E-state index >= 15 is 0 Å². The monoisotopic (exact) mass is 652 g/mol. The van der Waals surface area contributed by atoms with Gasteiger partial charge in [0.15, 0.2) is 22.7 Å². The molecule has 1 saturated heterocycles. The first-order valence-corrected chi connectivity index (χ1v) is 15.5. The molecule has 0 bridgehead atoms. The Morgan fingerprint density at radius 3 is 2.83 bits per heavy atom. The molecule has 5 rings (SSSR count). The Bertz CT molecular complexity index is 1570. The summed E-state index contributed by atoms with van der Waals surface area (Å²) in [6, 6.07) is -1.10. The lowest BCUT2D eigenvalue weighted by atomic mass is 10.0. The summed E-state index contributed by atoms with van der Waals surface area (Å²) < 4.78 is 4.57. The van der Waals surface area contributed by atoms with Crippen molar-refractivity contribution in [3.63, 3.8) is 0 Å². The molecular weight excluding hydrogens is 633 g/mol. The van der Waals surface area contributed by atoms with Gasteiger partial charge in [0.05, 0.1) is 6.20 Å². The van der Waals surface area contributed by atoms with Gasteiger partial charge in [-0.25, -0.2) is 9.78 Å². The molecule has 1 fully saturated rings. The average Bonchev–Trinajstić information content (AvgIpc) is 3.63. The average molecular weight is 653 g/mol. The molecular formula is C22H20N8O8S4. The van der Waals surface area contributed by atoms with Crippen molar-refractivity contribution < 1.29 is 39.3 Å². The number of anilines is 1. The van der Waals surface area contributed by atoms with E-state index in [1.807, 2.05) is 0 Å². The van der Waals surface area contributed by atoms with Crippen LogP contribution in [0.2, 0.25) is 0 Å². The Morgan fingerprint density at radius 1 is 1.38 bits per heavy atom. The number of ketones is 1. The maximum absolute atomic E-state index is 13.3. The number of nitrogens with zero attached hydrogens (tertiary/aromatic N) is 6. The summed E-state index contributed by atoms with van der Waals surface area (Å²) in [7, 11) is 0. The minimum absolute atomic E-state index is 0.0385. The third kappa shape index (κ3) is 5.94. The SMILES string of the molecule is CC1=CC(=O)C(O)C(C(O)O/N=C(\C(=O)NC2C(=O)N3C(C(=O)O)=C(CSc4cnns4)CS[C@@H]23)c2csc(N)n2)=N1. The van der Waals surface area contributed by atoms with Gasteiger partial charge in [0.25, 0.3) is 18.1 Å². The number of oxime groups is 1. The molecule has 0 aromatic carbocycles. The van der Waals surface area contributed by atoms with Crippen LogP contribution in [0.25, 0.3) is 0 Å². The number of carbonyl (C=O) groups excluding carboxylic acids is 3. The van der Waals surface area contributed by atoms with E-state index in [2.05, 4.69) is 30.0 Å². The molecule has 2 amide bonds. The molecule has 16 nitrogen and oxygen atoms in total. The zero-order valence-corrected chi connectivity index (χ0v) is 24.5. The standard InChI is InChI=1S/C22H20N8O8S4/c1-7-2-10(31)16(32)13(25-7)21(37)38-28-12(9-6-41-22(23)26-9)17(33)27-14-18(34)30-15(20(35)36)8(5-40-19(14)30)4-39-11-3-24-29-42-11/h2-3,6,14,16,19,21,32,37H,4-5H2,1H3,(H2,23,26)(H,27,33)(H,35,36)/b28-12-/t14?,16?,19-,21?/m0/s1. The zero-order valence-electron chi connectivity index (χ0n) is 21.2. The van der Waals surface area contributed by atoms with Gasteiger partial charge in [-0.1, -0.05) is 9.64 Å². The Balaban J connectivity index is 1.32. The first-order chi connectivity index (χ1) is 20.0. The van der Waals surface area contributed by atoms with Crippen molar-refractivity contribution in [1.29, 1.82) is 0 Å². The number of nitrogen functional groups attached to an aromatic ring is 1. The molecule has 2 aromatic rings. The minimum atomic E-state index is -2.00. The Morgan fingerprint density at radius 2 is 2.17 bits per heavy atom. The predicted octanol–water partition coefficient (Wildman–Crippen LogP) is -0.565. The van der Waals surface area contributed by atoms with Crippen LogP contribution >= 0.6 is 46.4 Å². The number of amides is 2. The van der Waals surface area contributed by atoms with Crippen molar-refractivity contribution in [3.05, 3.63) is 40.3 Å². The van der Waals surface area contributed by atoms with Crippen LogP contribution in [0.5, 0.6) is 0 Å². The summed E-state index contributed by atoms with van der Waals surface area (Å²) in [6.45, 7) is 1.48. The third-order valence-electron chi connectivity index (χ3n) is 5.95. The van der Waals surface area contributed by atoms with Crippen molar-refractivity contribution in [2.75, 3.05) is 17.2 Å². The van der Waals surface area contributed by atoms with Crippen molar-refractivity contribution in [2.45, 2.75) is 34.9 Å². The summed E-state index contributed by atoms with van der Waals surface area (Å²) >= 11 is 4.80. The number of aliphatic hydroxyl groups excluding tert-OH is 2. The number of carboxylic acid groups (broad SMARTS) is 1. The van der Waals surface area contributed by atoms with Crippen LogP contribution in [0.4, 0.5) is 5.13 Å². The number of fused-ring (bicyclic) bond motifs is 1. The number of aliphatic carboxylic acids is 1. The number of carboxylic acids is 1. The van der Waals surface area contributed by atoms with E-state index in [-0.39, 0.29) is 22.2 Å². The number of allylic oxidation sites excluding steroid dienone is 1. The molecule has 2 aromatic heterocycles. The number of thiazole rings is 1. The first kappa shape index (κ1) is 29.8. The molecule has 0 saturated carbocycles. The van der Waals surface area contributed by atoms with E-state index in [0.29, 0.717) is 17.1 Å². The van der Waals surface area contributed by atoms with Gasteiger partial charge in [-0.15, -0.1) is 40.0 Å². The Kier molecular flexibility index (Phi) is 8.70. The maximum Gasteiger partial charge on any atom is 0.352 e. The number of thioether (sulfide) groups is 2. The fourth-order valence-corrected chi connectivity index (χ4v) is 7.52. The number of β-lactam (4-membered cyclic amide) rings is 1. The maximum atomic E-state index is 13.3. The van der Waals surface area contributed by atoms with E-state index in [9.17, 15) is 34.5 Å². The third-order valence-corrected chi connectivity index (χ3v) is 9.88. The molecule has 3 unspecified atom stereocenters. The van der Waals surface area contributed by atoms with Crippen LogP contribution in [-0.2, 0) is 24.0 Å². The highest BCUT2D eigenvalue weighted by atomic mass is 32.2. The van der Waals surface area contributed by atoms with Gasteiger partial charge in [0.1, 0.15) is 32.7 Å². The number of hydrogen-bond acceptors (Lipinski definition) is 17. The zero-order chi connectivity index (χ0) is 30.1. The molecule has 6 N–H and O–H groups in total. The van der Waals surface area contributed by atoms with Crippen LogP contribution in [0.3, 0.4) is 0 Å². The molecule has 220 valence electrons. The fraction of sp³-hybridized carbons (Fsp3) is 0.318. The molecule has 20 heteroatoms. The van der Waals surface area contributed by atoms with Crippen molar-refractivity contribution in [2.24, 2.45) is 10.1 Å². The quantitative estimate of drug-likeness (QED) is 0.0710. The number of nitrogens with two attached hydrogens (primary N) is 1. The van der Waals surface area contributed by atoms with Crippen LogP contribution in [-0.4, -0.2) is 105 Å². The lowest BCUT2D eigenvalue weighted by Gasteiger charge is -2.49. The second-order valence-electron chi connectivity index (χ2n) is 8.74. The number of aliphatic hydroxyl groups is 2. The van der Waals surface area contributed by atoms with Crippen molar-refractivity contribution >= 4 is 86.5 Å². The normalized spacial score (nSPS) is 23.1. The summed E-state index contributed by atoms with van der Waals surface area (Å²) in [6.07, 6.45) is -1.11. The lowest BCUT2D eigenvalue weighted by molar-refractivity contribution is -0.150. The highest BCUT2D eigenvalue weighted by molar-refractivity contribution is 8.01. The molecule has 0 aliphatic carbocycles. The second kappa shape index (κ2) is 12.3. The smallest absolute Gasteiger partial charge is 0.352 e. The van der Waals surface area contributed by atoms with Gasteiger partial charge in [0.2, 0.25) is 0 Å². The Hall–Kier alpha value is -3.69. The van der Waals surface area contributed by atoms with Gasteiger partial charge in [-0.2, -0.15) is 0 Å². The van der Waals surface area contributed by atoms with Gasteiger partial charge in [-0.05, 0) is 24.0 Å². The van der Waals surface area contributed by atoms with Crippen LogP contribution in [0, 0.1) is 0 Å².